The first kappa shape index (κ1) is 21.3. The van der Waals surface area contributed by atoms with Crippen LogP contribution in [0.5, 0.6) is 5.75 Å². The fraction of sp³-hybridized carbons (Fsp3) is 0.391. The molecule has 1 heterocycles. The van der Waals surface area contributed by atoms with Gasteiger partial charge < -0.3 is 9.64 Å². The first-order valence-electron chi connectivity index (χ1n) is 9.92. The fourth-order valence-electron chi connectivity index (χ4n) is 3.13. The van der Waals surface area contributed by atoms with Crippen molar-refractivity contribution in [1.29, 1.82) is 0 Å². The zero-order valence-corrected chi connectivity index (χ0v) is 18.7. The molecule has 0 saturated carbocycles. The van der Waals surface area contributed by atoms with Crippen molar-refractivity contribution in [3.05, 3.63) is 53.1 Å². The number of aryl methyl sites for hydroxylation is 2. The van der Waals surface area contributed by atoms with Crippen molar-refractivity contribution in [3.63, 3.8) is 0 Å². The number of anilines is 1. The number of likely N-dealkylation sites (N-methyl/N-ethyl adjacent to an activating group) is 1. The molecule has 154 valence electrons. The number of benzene rings is 2. The lowest BCUT2D eigenvalue weighted by atomic mass is 10.1. The van der Waals surface area contributed by atoms with Crippen LogP contribution in [-0.2, 0) is 11.2 Å². The molecule has 0 saturated heterocycles. The van der Waals surface area contributed by atoms with Crippen LogP contribution in [-0.4, -0.2) is 49.6 Å². The van der Waals surface area contributed by atoms with E-state index in [1.165, 1.54) is 5.56 Å². The Labute approximate surface area is 176 Å². The highest BCUT2D eigenvalue weighted by Crippen LogP contribution is 2.33. The average molecular weight is 412 g/mol. The molecule has 0 unspecified atom stereocenters. The summed E-state index contributed by atoms with van der Waals surface area (Å²) in [5.41, 5.74) is 4.30. The molecule has 0 N–H and O–H groups in total. The van der Waals surface area contributed by atoms with Crippen molar-refractivity contribution in [2.24, 2.45) is 0 Å². The predicted molar refractivity (Wildman–Crippen MR) is 121 cm³/mol. The highest BCUT2D eigenvalue weighted by atomic mass is 32.1. The molecule has 0 bridgehead atoms. The van der Waals surface area contributed by atoms with E-state index in [-0.39, 0.29) is 5.91 Å². The minimum atomic E-state index is 0.0605. The summed E-state index contributed by atoms with van der Waals surface area (Å²) in [5.74, 6) is 0.885. The Bertz CT molecular complexity index is 941. The molecule has 3 aromatic rings. The van der Waals surface area contributed by atoms with Gasteiger partial charge in [-0.05, 0) is 63.7 Å². The summed E-state index contributed by atoms with van der Waals surface area (Å²) >= 11 is 1.60. The van der Waals surface area contributed by atoms with E-state index in [4.69, 9.17) is 9.72 Å². The molecule has 0 aliphatic carbocycles. The van der Waals surface area contributed by atoms with E-state index >= 15 is 0 Å². The number of thiazole rings is 1. The number of carbonyl (C=O) groups excluding carboxylic acids is 1. The summed E-state index contributed by atoms with van der Waals surface area (Å²) in [6.45, 7) is 8.14. The number of nitrogens with zero attached hydrogens (tertiary/aromatic N) is 3. The van der Waals surface area contributed by atoms with Crippen LogP contribution in [0.25, 0.3) is 10.2 Å². The number of hydrogen-bond acceptors (Lipinski definition) is 5. The molecule has 0 atom stereocenters. The second-order valence-electron chi connectivity index (χ2n) is 7.48. The molecular formula is C23H29N3O2S. The number of ether oxygens (including phenoxy) is 1. The summed E-state index contributed by atoms with van der Waals surface area (Å²) in [6, 6.07) is 12.0. The van der Waals surface area contributed by atoms with Crippen molar-refractivity contribution in [3.8, 4) is 5.75 Å². The lowest BCUT2D eigenvalue weighted by molar-refractivity contribution is -0.118. The number of amides is 1. The van der Waals surface area contributed by atoms with Gasteiger partial charge in [-0.15, -0.1) is 0 Å². The van der Waals surface area contributed by atoms with Gasteiger partial charge in [0.1, 0.15) is 5.75 Å². The number of carbonyl (C=O) groups is 1. The Morgan fingerprint density at radius 2 is 1.72 bits per heavy atom. The second-order valence-corrected chi connectivity index (χ2v) is 8.45. The second kappa shape index (κ2) is 9.37. The first-order chi connectivity index (χ1) is 13.9. The molecule has 6 heteroatoms. The maximum atomic E-state index is 13.2. The van der Waals surface area contributed by atoms with Crippen molar-refractivity contribution < 1.29 is 9.53 Å². The quantitative estimate of drug-likeness (QED) is 0.549. The standard InChI is InChI=1S/C23H29N3O2S/c1-6-28-19-11-9-18(10-12-19)15-20(27)26(14-13-25(4)5)23-24-21-16(2)7-8-17(3)22(21)29-23/h7-12H,6,13-15H2,1-5H3. The monoisotopic (exact) mass is 411 g/mol. The predicted octanol–water partition coefficient (Wildman–Crippen LogP) is 4.45. The SMILES string of the molecule is CCOc1ccc(CC(=O)N(CCN(C)C)c2nc3c(C)ccc(C)c3s2)cc1. The zero-order chi connectivity index (χ0) is 21.0. The highest BCUT2D eigenvalue weighted by Gasteiger charge is 2.21. The molecule has 0 aliphatic rings. The maximum Gasteiger partial charge on any atom is 0.233 e. The smallest absolute Gasteiger partial charge is 0.233 e. The van der Waals surface area contributed by atoms with Crippen LogP contribution < -0.4 is 9.64 Å². The molecule has 5 nitrogen and oxygen atoms in total. The Balaban J connectivity index is 1.87. The van der Waals surface area contributed by atoms with Crippen LogP contribution in [0.3, 0.4) is 0 Å². The Morgan fingerprint density at radius 3 is 2.34 bits per heavy atom. The van der Waals surface area contributed by atoms with Gasteiger partial charge in [0.25, 0.3) is 0 Å². The molecule has 0 radical (unpaired) electrons. The Hall–Kier alpha value is -2.44. The third-order valence-corrected chi connectivity index (χ3v) is 6.04. The van der Waals surface area contributed by atoms with Crippen LogP contribution >= 0.6 is 11.3 Å². The van der Waals surface area contributed by atoms with E-state index in [0.29, 0.717) is 19.6 Å². The van der Waals surface area contributed by atoms with Gasteiger partial charge in [0, 0.05) is 13.1 Å². The zero-order valence-electron chi connectivity index (χ0n) is 17.9. The number of rotatable bonds is 8. The molecular weight excluding hydrogens is 382 g/mol. The van der Waals surface area contributed by atoms with Gasteiger partial charge in [-0.2, -0.15) is 0 Å². The topological polar surface area (TPSA) is 45.7 Å². The van der Waals surface area contributed by atoms with E-state index in [9.17, 15) is 4.79 Å². The molecule has 2 aromatic carbocycles. The van der Waals surface area contributed by atoms with Gasteiger partial charge in [-0.25, -0.2) is 4.98 Å². The first-order valence-corrected chi connectivity index (χ1v) is 10.7. The molecule has 0 fully saturated rings. The number of hydrogen-bond donors (Lipinski definition) is 0. The molecule has 29 heavy (non-hydrogen) atoms. The minimum absolute atomic E-state index is 0.0605. The third kappa shape index (κ3) is 5.14. The van der Waals surface area contributed by atoms with E-state index in [0.717, 1.165) is 38.8 Å². The summed E-state index contributed by atoms with van der Waals surface area (Å²) in [5, 5.41) is 0.773. The van der Waals surface area contributed by atoms with Gasteiger partial charge in [0.15, 0.2) is 5.13 Å². The Morgan fingerprint density at radius 1 is 1.03 bits per heavy atom. The van der Waals surface area contributed by atoms with E-state index < -0.39 is 0 Å². The van der Waals surface area contributed by atoms with E-state index in [1.54, 1.807) is 11.3 Å². The molecule has 3 rings (SSSR count). The van der Waals surface area contributed by atoms with Crippen LogP contribution in [0.15, 0.2) is 36.4 Å². The molecule has 0 spiro atoms. The van der Waals surface area contributed by atoms with Crippen molar-refractivity contribution in [2.45, 2.75) is 27.2 Å². The van der Waals surface area contributed by atoms with Crippen molar-refractivity contribution in [2.75, 3.05) is 38.7 Å². The maximum absolute atomic E-state index is 13.2. The van der Waals surface area contributed by atoms with Crippen LogP contribution in [0.1, 0.15) is 23.6 Å². The minimum Gasteiger partial charge on any atom is -0.494 e. The average Bonchev–Trinajstić information content (AvgIpc) is 3.13. The van der Waals surface area contributed by atoms with Crippen molar-refractivity contribution >= 4 is 32.6 Å². The molecule has 1 amide bonds. The highest BCUT2D eigenvalue weighted by molar-refractivity contribution is 7.22. The van der Waals surface area contributed by atoms with Gasteiger partial charge in [0.2, 0.25) is 5.91 Å². The summed E-state index contributed by atoms with van der Waals surface area (Å²) in [4.78, 5) is 22.0. The largest absolute Gasteiger partial charge is 0.494 e. The third-order valence-electron chi connectivity index (χ3n) is 4.82. The summed E-state index contributed by atoms with van der Waals surface area (Å²) in [7, 11) is 4.03. The van der Waals surface area contributed by atoms with Gasteiger partial charge in [-0.1, -0.05) is 35.6 Å². The normalized spacial score (nSPS) is 11.2. The van der Waals surface area contributed by atoms with Gasteiger partial charge in [0.05, 0.1) is 23.2 Å². The number of aromatic nitrogens is 1. The molecule has 0 aliphatic heterocycles. The van der Waals surface area contributed by atoms with Crippen LogP contribution in [0.4, 0.5) is 5.13 Å². The summed E-state index contributed by atoms with van der Waals surface area (Å²) in [6.07, 6.45) is 0.341. The van der Waals surface area contributed by atoms with Gasteiger partial charge >= 0.3 is 0 Å². The van der Waals surface area contributed by atoms with Crippen LogP contribution in [0.2, 0.25) is 0 Å². The number of fused-ring (bicyclic) bond motifs is 1. The van der Waals surface area contributed by atoms with Gasteiger partial charge in [-0.3, -0.25) is 9.69 Å². The lowest BCUT2D eigenvalue weighted by Gasteiger charge is -2.22. The van der Waals surface area contributed by atoms with Crippen molar-refractivity contribution in [1.82, 2.24) is 9.88 Å². The fourth-order valence-corrected chi connectivity index (χ4v) is 4.29. The Kier molecular flexibility index (Phi) is 6.87. The summed E-state index contributed by atoms with van der Waals surface area (Å²) < 4.78 is 6.65. The van der Waals surface area contributed by atoms with E-state index in [2.05, 4.69) is 30.9 Å². The van der Waals surface area contributed by atoms with Crippen LogP contribution in [0, 0.1) is 13.8 Å². The van der Waals surface area contributed by atoms with E-state index in [1.807, 2.05) is 50.2 Å². The molecule has 1 aromatic heterocycles. The lowest BCUT2D eigenvalue weighted by Crippen LogP contribution is -2.37.